The number of hydrogen-bond donors (Lipinski definition) is 0. The average Bonchev–Trinajstić information content (AvgIpc) is 2.60. The molecule has 0 aliphatic carbocycles. The van der Waals surface area contributed by atoms with E-state index >= 15 is 0 Å². The molecule has 0 spiro atoms. The Labute approximate surface area is 151 Å². The van der Waals surface area contributed by atoms with Crippen LogP contribution in [0.2, 0.25) is 0 Å². The third-order valence-electron chi connectivity index (χ3n) is 4.34. The molecule has 2 unspecified atom stereocenters. The zero-order chi connectivity index (χ0) is 18.9. The summed E-state index contributed by atoms with van der Waals surface area (Å²) < 4.78 is 35.6. The Morgan fingerprint density at radius 1 is 1.15 bits per heavy atom. The van der Waals surface area contributed by atoms with Gasteiger partial charge in [0.1, 0.15) is 11.5 Å². The smallest absolute Gasteiger partial charge is 0.320 e. The van der Waals surface area contributed by atoms with Crippen LogP contribution < -0.4 is 8.92 Å². The number of hydrogen-bond acceptors (Lipinski definition) is 6. The molecule has 0 saturated heterocycles. The van der Waals surface area contributed by atoms with Crippen molar-refractivity contribution in [3.63, 3.8) is 0 Å². The van der Waals surface area contributed by atoms with Crippen LogP contribution in [0.5, 0.6) is 11.5 Å². The van der Waals surface area contributed by atoms with Gasteiger partial charge >= 0.3 is 10.1 Å². The van der Waals surface area contributed by atoms with Crippen LogP contribution in [0, 0.1) is 0 Å². The number of para-hydroxylation sites is 1. The van der Waals surface area contributed by atoms with Crippen molar-refractivity contribution in [2.75, 3.05) is 7.11 Å². The Hall–Kier alpha value is -2.67. The highest BCUT2D eigenvalue weighted by atomic mass is 32.2. The first-order valence-corrected chi connectivity index (χ1v) is 9.50. The summed E-state index contributed by atoms with van der Waals surface area (Å²) in [6.07, 6.45) is -0.0898. The van der Waals surface area contributed by atoms with Crippen LogP contribution in [0.3, 0.4) is 0 Å². The maximum atomic E-state index is 13.0. The van der Waals surface area contributed by atoms with Gasteiger partial charge < -0.3 is 13.7 Å². The lowest BCUT2D eigenvalue weighted by Crippen LogP contribution is -2.43. The first kappa shape index (κ1) is 18.1. The van der Waals surface area contributed by atoms with Crippen molar-refractivity contribution in [3.05, 3.63) is 59.7 Å². The van der Waals surface area contributed by atoms with E-state index in [4.69, 9.17) is 8.92 Å². The first-order valence-electron chi connectivity index (χ1n) is 8.03. The van der Waals surface area contributed by atoms with Gasteiger partial charge in [0.25, 0.3) is 0 Å². The number of benzene rings is 2. The van der Waals surface area contributed by atoms with E-state index in [0.717, 1.165) is 0 Å². The van der Waals surface area contributed by atoms with Crippen molar-refractivity contribution in [3.8, 4) is 11.5 Å². The second kappa shape index (κ2) is 6.92. The molecule has 0 radical (unpaired) electrons. The Balaban J connectivity index is 2.10. The van der Waals surface area contributed by atoms with Gasteiger partial charge in [0.2, 0.25) is 0 Å². The average molecular weight is 374 g/mol. The normalized spacial score (nSPS) is 19.2. The molecule has 7 heteroatoms. The highest BCUT2D eigenvalue weighted by Crippen LogP contribution is 2.38. The van der Waals surface area contributed by atoms with Gasteiger partial charge in [-0.1, -0.05) is 24.3 Å². The van der Waals surface area contributed by atoms with Crippen LogP contribution in [0.15, 0.2) is 48.5 Å². The molecule has 2 aromatic carbocycles. The summed E-state index contributed by atoms with van der Waals surface area (Å²) in [5.41, 5.74) is 0.764. The number of ether oxygens (including phenoxy) is 1. The molecule has 26 heavy (non-hydrogen) atoms. The zero-order valence-corrected chi connectivity index (χ0v) is 15.2. The summed E-state index contributed by atoms with van der Waals surface area (Å²) in [4.78, 5) is 24.7. The quantitative estimate of drug-likeness (QED) is 0.748. The minimum Gasteiger partial charge on any atom is -0.497 e. The maximum absolute atomic E-state index is 13.0. The summed E-state index contributed by atoms with van der Waals surface area (Å²) in [5.74, 6) is -1.01. The van der Waals surface area contributed by atoms with E-state index in [2.05, 4.69) is 0 Å². The van der Waals surface area contributed by atoms with Crippen molar-refractivity contribution in [2.24, 2.45) is 0 Å². The largest absolute Gasteiger partial charge is 0.497 e. The fraction of sp³-hybridized carbons (Fsp3) is 0.263. The molecule has 0 N–H and O–H groups in total. The Bertz CT molecular complexity index is 946. The Morgan fingerprint density at radius 2 is 1.81 bits per heavy atom. The van der Waals surface area contributed by atoms with Crippen molar-refractivity contribution in [1.82, 2.24) is 0 Å². The molecule has 3 rings (SSSR count). The van der Waals surface area contributed by atoms with Gasteiger partial charge in [0.15, 0.2) is 16.8 Å². The first-order chi connectivity index (χ1) is 12.3. The van der Waals surface area contributed by atoms with Crippen LogP contribution >= 0.6 is 0 Å². The second-order valence-electron chi connectivity index (χ2n) is 6.14. The fourth-order valence-corrected chi connectivity index (χ4v) is 4.69. The van der Waals surface area contributed by atoms with Gasteiger partial charge in [-0.25, -0.2) is 0 Å². The predicted molar refractivity (Wildman–Crippen MR) is 95.1 cm³/mol. The van der Waals surface area contributed by atoms with E-state index in [9.17, 15) is 18.0 Å². The van der Waals surface area contributed by atoms with Crippen LogP contribution in [0.4, 0.5) is 0 Å². The summed E-state index contributed by atoms with van der Waals surface area (Å²) in [6.45, 7) is 1.37. The third-order valence-corrected chi connectivity index (χ3v) is 5.92. The minimum atomic E-state index is -4.23. The molecule has 0 amide bonds. The lowest BCUT2D eigenvalue weighted by atomic mass is 9.87. The number of carbonyl (C=O) groups is 2. The van der Waals surface area contributed by atoms with Gasteiger partial charge in [-0.2, -0.15) is 8.42 Å². The van der Waals surface area contributed by atoms with Gasteiger partial charge in [0, 0.05) is 12.3 Å². The van der Waals surface area contributed by atoms with Crippen LogP contribution in [0.1, 0.15) is 35.2 Å². The number of rotatable bonds is 5. The number of carbonyl (C=O) groups excluding carboxylic acids is 2. The molecule has 2 atom stereocenters. The van der Waals surface area contributed by atoms with Crippen LogP contribution in [0.25, 0.3) is 0 Å². The highest BCUT2D eigenvalue weighted by Gasteiger charge is 2.47. The molecule has 6 nitrogen and oxygen atoms in total. The molecule has 1 aliphatic rings. The molecule has 2 aromatic rings. The molecular formula is C19H18O6S. The number of fused-ring (bicyclic) bond motifs is 1. The monoisotopic (exact) mass is 374 g/mol. The lowest BCUT2D eigenvalue weighted by molar-refractivity contribution is -0.117. The lowest BCUT2D eigenvalue weighted by Gasteiger charge is -2.29. The number of Topliss-reactive ketones (excluding diaryl/α,β-unsaturated/α-hetero) is 2. The summed E-state index contributed by atoms with van der Waals surface area (Å²) in [5, 5.41) is -1.48. The minimum absolute atomic E-state index is 0.0186. The molecule has 1 heterocycles. The predicted octanol–water partition coefficient (Wildman–Crippen LogP) is 2.73. The fourth-order valence-electron chi connectivity index (χ4n) is 3.15. The van der Waals surface area contributed by atoms with E-state index in [-0.39, 0.29) is 23.5 Å². The second-order valence-corrected chi connectivity index (χ2v) is 7.80. The molecule has 0 fully saturated rings. The topological polar surface area (TPSA) is 86.7 Å². The number of ketones is 2. The van der Waals surface area contributed by atoms with Crippen LogP contribution in [-0.4, -0.2) is 32.3 Å². The number of methoxy groups -OCH3 is 1. The van der Waals surface area contributed by atoms with Gasteiger partial charge in [0.05, 0.1) is 12.7 Å². The van der Waals surface area contributed by atoms with Gasteiger partial charge in [-0.15, -0.1) is 0 Å². The highest BCUT2D eigenvalue weighted by molar-refractivity contribution is 7.88. The Kier molecular flexibility index (Phi) is 4.82. The van der Waals surface area contributed by atoms with Gasteiger partial charge in [-0.05, 0) is 36.8 Å². The zero-order valence-electron chi connectivity index (χ0n) is 14.3. The van der Waals surface area contributed by atoms with E-state index in [1.165, 1.54) is 26.2 Å². The van der Waals surface area contributed by atoms with Crippen LogP contribution in [-0.2, 0) is 14.9 Å². The molecule has 1 aliphatic heterocycles. The van der Waals surface area contributed by atoms with E-state index in [1.54, 1.807) is 36.4 Å². The van der Waals surface area contributed by atoms with Crippen molar-refractivity contribution < 1.29 is 26.9 Å². The van der Waals surface area contributed by atoms with Crippen molar-refractivity contribution in [2.45, 2.75) is 24.5 Å². The molecule has 0 bridgehead atoms. The van der Waals surface area contributed by atoms with E-state index in [0.29, 0.717) is 11.3 Å². The summed E-state index contributed by atoms with van der Waals surface area (Å²) >= 11 is 0. The summed E-state index contributed by atoms with van der Waals surface area (Å²) in [7, 11) is -2.71. The van der Waals surface area contributed by atoms with Crippen molar-refractivity contribution >= 4 is 21.7 Å². The van der Waals surface area contributed by atoms with E-state index in [1.807, 2.05) is 0 Å². The molecule has 0 aromatic heterocycles. The SMILES string of the molecule is COc1ccc(C(CC(C)=O)C2C(=O)c3ccccc3OS2(=O)=O)cc1. The van der Waals surface area contributed by atoms with Gasteiger partial charge in [-0.3, -0.25) is 4.79 Å². The summed E-state index contributed by atoms with van der Waals surface area (Å²) in [6, 6.07) is 12.9. The maximum Gasteiger partial charge on any atom is 0.320 e. The molecule has 136 valence electrons. The van der Waals surface area contributed by atoms with E-state index < -0.39 is 27.1 Å². The molecular weight excluding hydrogens is 356 g/mol. The molecule has 0 saturated carbocycles. The third kappa shape index (κ3) is 3.35. The Morgan fingerprint density at radius 3 is 2.42 bits per heavy atom. The van der Waals surface area contributed by atoms with Crippen molar-refractivity contribution in [1.29, 1.82) is 0 Å². The standard InChI is InChI=1S/C19H18O6S/c1-12(20)11-16(13-7-9-14(24-2)10-8-13)19-18(21)15-5-3-4-6-17(15)25-26(19,22)23/h3-10,16,19H,11H2,1-2H3.